The van der Waals surface area contributed by atoms with Crippen LogP contribution in [0, 0.1) is 0 Å². The van der Waals surface area contributed by atoms with Crippen LogP contribution in [0.2, 0.25) is 12.1 Å². The molecule has 182 valence electrons. The van der Waals surface area contributed by atoms with Gasteiger partial charge >= 0.3 is 17.6 Å². The zero-order valence-corrected chi connectivity index (χ0v) is 24.8. The van der Waals surface area contributed by atoms with Gasteiger partial charge in [-0.2, -0.15) is 0 Å². The molecule has 0 radical (unpaired) electrons. The van der Waals surface area contributed by atoms with Crippen LogP contribution >= 0.6 is 0 Å². The summed E-state index contributed by atoms with van der Waals surface area (Å²) in [5, 5.41) is 0. The van der Waals surface area contributed by atoms with E-state index in [-0.39, 0.29) is 9.45 Å². The van der Waals surface area contributed by atoms with Gasteiger partial charge in [0.25, 0.3) is 0 Å². The summed E-state index contributed by atoms with van der Waals surface area (Å²) in [5.74, 6) is 2.17. The topological polar surface area (TPSA) is 55.4 Å². The van der Waals surface area contributed by atoms with Crippen molar-refractivity contribution < 1.29 is 26.6 Å². The van der Waals surface area contributed by atoms with E-state index < -0.39 is 17.6 Å². The summed E-state index contributed by atoms with van der Waals surface area (Å²) in [6, 6.07) is 1.70. The zero-order chi connectivity index (χ0) is 22.7. The monoisotopic (exact) mass is 538 g/mol. The normalized spacial score (nSPS) is 12.5. The molecule has 0 fully saturated rings. The SMILES string of the molecule is CCO[Si](CCCS(CCC[Si](OCC)(OCC)OCC)=S=S=S)(OCC)OCC. The van der Waals surface area contributed by atoms with Gasteiger partial charge in [-0.15, -0.1) is 9.45 Å². The molecular weight excluding hydrogens is 497 g/mol. The minimum absolute atomic E-state index is 0.169. The Balaban J connectivity index is 4.91. The van der Waals surface area contributed by atoms with Crippen molar-refractivity contribution in [3.8, 4) is 0 Å². The smallest absolute Gasteiger partial charge is 0.374 e. The Morgan fingerprint density at radius 2 is 0.900 bits per heavy atom. The van der Waals surface area contributed by atoms with E-state index in [9.17, 15) is 0 Å². The Bertz CT molecular complexity index is 463. The number of hydrogen-bond acceptors (Lipinski definition) is 7. The molecule has 30 heavy (non-hydrogen) atoms. The predicted octanol–water partition coefficient (Wildman–Crippen LogP) is 3.94. The van der Waals surface area contributed by atoms with E-state index in [2.05, 4.69) is 0 Å². The number of rotatable bonds is 20. The Kier molecular flexibility index (Phi) is 20.4. The highest BCUT2D eigenvalue weighted by Crippen LogP contribution is 2.20. The highest BCUT2D eigenvalue weighted by atomic mass is 33.2. The van der Waals surface area contributed by atoms with Gasteiger partial charge in [-0.25, -0.2) is 0 Å². The third-order valence-electron chi connectivity index (χ3n) is 4.02. The minimum Gasteiger partial charge on any atom is -0.374 e. The third-order valence-corrected chi connectivity index (χ3v) is 17.5. The number of hydrogen-bond donors (Lipinski definition) is 0. The van der Waals surface area contributed by atoms with Crippen molar-refractivity contribution in [1.82, 2.24) is 0 Å². The standard InChI is InChI=1S/C18H42O6S4Si2/c1-7-19-29(20-8-2,21-9-3)17-13-15-28(27-26-25)16-14-18-30(22-10-4,23-11-5)24-12-6/h7-18H2,1-6H3. The Labute approximate surface area is 199 Å². The molecule has 0 bridgehead atoms. The van der Waals surface area contributed by atoms with Crippen LogP contribution in [0.15, 0.2) is 0 Å². The lowest BCUT2D eigenvalue weighted by Gasteiger charge is -2.29. The van der Waals surface area contributed by atoms with Crippen molar-refractivity contribution in [3.63, 3.8) is 0 Å². The van der Waals surface area contributed by atoms with Crippen LogP contribution in [0.5, 0.6) is 0 Å². The van der Waals surface area contributed by atoms with Crippen molar-refractivity contribution in [3.05, 3.63) is 0 Å². The van der Waals surface area contributed by atoms with Crippen molar-refractivity contribution >= 4 is 56.0 Å². The fourth-order valence-corrected chi connectivity index (χ4v) is 15.6. The van der Waals surface area contributed by atoms with Gasteiger partial charge < -0.3 is 26.6 Å². The lowest BCUT2D eigenvalue weighted by molar-refractivity contribution is 0.0705. The molecular formula is C18H42O6S4Si2. The molecule has 0 aromatic rings. The fourth-order valence-electron chi connectivity index (χ4n) is 3.11. The summed E-state index contributed by atoms with van der Waals surface area (Å²) in [6.45, 7) is 15.7. The largest absolute Gasteiger partial charge is 0.500 e. The van der Waals surface area contributed by atoms with Crippen LogP contribution < -0.4 is 0 Å². The van der Waals surface area contributed by atoms with E-state index in [1.807, 2.05) is 41.5 Å². The summed E-state index contributed by atoms with van der Waals surface area (Å²) in [4.78, 5) is 0. The maximum absolute atomic E-state index is 5.98. The molecule has 0 aromatic carbocycles. The first-order valence-corrected chi connectivity index (χ1v) is 20.0. The van der Waals surface area contributed by atoms with Gasteiger partial charge in [0.05, 0.1) is 0 Å². The molecule has 0 rings (SSSR count). The van der Waals surface area contributed by atoms with Gasteiger partial charge in [0.15, 0.2) is 0 Å². The van der Waals surface area contributed by atoms with E-state index in [0.29, 0.717) is 39.6 Å². The Morgan fingerprint density at radius 1 is 0.600 bits per heavy atom. The second kappa shape index (κ2) is 19.7. The highest BCUT2D eigenvalue weighted by molar-refractivity contribution is 8.58. The van der Waals surface area contributed by atoms with Gasteiger partial charge in [0.2, 0.25) is 0 Å². The average molecular weight is 539 g/mol. The molecule has 12 heteroatoms. The highest BCUT2D eigenvalue weighted by Gasteiger charge is 2.40. The first-order valence-electron chi connectivity index (χ1n) is 11.0. The van der Waals surface area contributed by atoms with Crippen molar-refractivity contribution in [1.29, 1.82) is 0 Å². The predicted molar refractivity (Wildman–Crippen MR) is 139 cm³/mol. The molecule has 0 saturated carbocycles. The molecule has 0 aliphatic rings. The van der Waals surface area contributed by atoms with Gasteiger partial charge in [-0.3, -0.25) is 0 Å². The van der Waals surface area contributed by atoms with E-state index in [0.717, 1.165) is 36.4 Å². The second-order valence-electron chi connectivity index (χ2n) is 6.16. The zero-order valence-electron chi connectivity index (χ0n) is 19.6. The van der Waals surface area contributed by atoms with Crippen LogP contribution in [-0.4, -0.2) is 68.8 Å². The molecule has 0 amide bonds. The van der Waals surface area contributed by atoms with Crippen molar-refractivity contribution in [2.75, 3.05) is 51.1 Å². The summed E-state index contributed by atoms with van der Waals surface area (Å²) in [7, 11) is -1.73. The molecule has 0 aromatic heterocycles. The maximum Gasteiger partial charge on any atom is 0.500 e. The van der Waals surface area contributed by atoms with Crippen LogP contribution in [0.3, 0.4) is 0 Å². The molecule has 0 aliphatic carbocycles. The van der Waals surface area contributed by atoms with E-state index in [1.165, 1.54) is 8.88 Å². The summed E-state index contributed by atoms with van der Waals surface area (Å²) in [5.41, 5.74) is 0. The summed E-state index contributed by atoms with van der Waals surface area (Å²) < 4.78 is 35.9. The quantitative estimate of drug-likeness (QED) is 0.218. The second-order valence-corrected chi connectivity index (χ2v) is 18.3. The molecule has 0 aliphatic heterocycles. The minimum atomic E-state index is -2.57. The molecule has 0 atom stereocenters. The molecule has 0 saturated heterocycles. The Hall–Kier alpha value is 1.20. The first-order chi connectivity index (χ1) is 14.5. The van der Waals surface area contributed by atoms with Crippen LogP contribution in [-0.2, 0) is 65.0 Å². The van der Waals surface area contributed by atoms with Gasteiger partial charge in [-0.1, -0.05) is 0 Å². The van der Waals surface area contributed by atoms with Crippen molar-refractivity contribution in [2.24, 2.45) is 0 Å². The lowest BCUT2D eigenvalue weighted by atomic mass is 10.6. The van der Waals surface area contributed by atoms with Crippen LogP contribution in [0.1, 0.15) is 54.4 Å². The molecule has 0 N–H and O–H groups in total. The Morgan fingerprint density at radius 3 is 1.13 bits per heavy atom. The summed E-state index contributed by atoms with van der Waals surface area (Å²) >= 11 is 5.18. The lowest BCUT2D eigenvalue weighted by Crippen LogP contribution is -2.46. The summed E-state index contributed by atoms with van der Waals surface area (Å²) in [6.07, 6.45) is 2.03. The first kappa shape index (κ1) is 31.2. The average Bonchev–Trinajstić information content (AvgIpc) is 2.69. The maximum atomic E-state index is 5.98. The van der Waals surface area contributed by atoms with Gasteiger partial charge in [0.1, 0.15) is 0 Å². The van der Waals surface area contributed by atoms with Crippen LogP contribution in [0.4, 0.5) is 0 Å². The van der Waals surface area contributed by atoms with Crippen LogP contribution in [0.25, 0.3) is 0 Å². The third kappa shape index (κ3) is 13.0. The van der Waals surface area contributed by atoms with Gasteiger partial charge in [-0.05, 0) is 94.8 Å². The van der Waals surface area contributed by atoms with E-state index >= 15 is 0 Å². The molecule has 0 heterocycles. The van der Waals surface area contributed by atoms with E-state index in [1.54, 1.807) is 8.88 Å². The fraction of sp³-hybridized carbons (Fsp3) is 1.00. The van der Waals surface area contributed by atoms with Gasteiger partial charge in [0, 0.05) is 51.7 Å². The molecule has 0 unspecified atom stereocenters. The van der Waals surface area contributed by atoms with Crippen molar-refractivity contribution in [2.45, 2.75) is 66.5 Å². The van der Waals surface area contributed by atoms with E-state index in [4.69, 9.17) is 37.7 Å². The molecule has 0 spiro atoms. The molecule has 6 nitrogen and oxygen atoms in total.